The Kier molecular flexibility index (Phi) is 4.63. The maximum atomic E-state index is 6.35. The third-order valence-electron chi connectivity index (χ3n) is 4.65. The predicted molar refractivity (Wildman–Crippen MR) is 93.0 cm³/mol. The summed E-state index contributed by atoms with van der Waals surface area (Å²) in [5.41, 5.74) is 1.11. The van der Waals surface area contributed by atoms with Gasteiger partial charge in [0.15, 0.2) is 11.5 Å². The number of hydrogen-bond acceptors (Lipinski definition) is 4. The first-order valence-corrected chi connectivity index (χ1v) is 8.99. The molecule has 1 unspecified atom stereocenters. The van der Waals surface area contributed by atoms with E-state index in [9.17, 15) is 0 Å². The van der Waals surface area contributed by atoms with Crippen molar-refractivity contribution in [3.05, 3.63) is 40.9 Å². The van der Waals surface area contributed by atoms with Crippen molar-refractivity contribution in [1.82, 2.24) is 14.9 Å². The van der Waals surface area contributed by atoms with Crippen molar-refractivity contribution < 1.29 is 9.47 Å². The van der Waals surface area contributed by atoms with E-state index >= 15 is 0 Å². The third-order valence-corrected chi connectivity index (χ3v) is 4.93. The minimum Gasteiger partial charge on any atom is -0.489 e. The fourth-order valence-corrected chi connectivity index (χ4v) is 3.76. The number of nitrogens with one attached hydrogen (secondary N) is 1. The van der Waals surface area contributed by atoms with Crippen LogP contribution in [0.1, 0.15) is 36.6 Å². The van der Waals surface area contributed by atoms with Gasteiger partial charge in [-0.15, -0.1) is 0 Å². The third kappa shape index (κ3) is 3.23. The van der Waals surface area contributed by atoms with Gasteiger partial charge >= 0.3 is 0 Å². The van der Waals surface area contributed by atoms with Crippen LogP contribution < -0.4 is 14.8 Å². The highest BCUT2D eigenvalue weighted by molar-refractivity contribution is 6.32. The van der Waals surface area contributed by atoms with E-state index < -0.39 is 0 Å². The van der Waals surface area contributed by atoms with Crippen molar-refractivity contribution in [2.24, 2.45) is 0 Å². The Bertz CT molecular complexity index is 716. The summed E-state index contributed by atoms with van der Waals surface area (Å²) >= 11 is 6.35. The monoisotopic (exact) mass is 347 g/mol. The zero-order valence-electron chi connectivity index (χ0n) is 13.6. The minimum atomic E-state index is 0.477. The van der Waals surface area contributed by atoms with Crippen LogP contribution >= 0.6 is 11.6 Å². The number of fused-ring (bicyclic) bond motifs is 2. The molecule has 0 bridgehead atoms. The molecule has 5 nitrogen and oxygen atoms in total. The van der Waals surface area contributed by atoms with E-state index in [2.05, 4.69) is 21.1 Å². The normalized spacial score (nSPS) is 19.6. The molecule has 0 spiro atoms. The molecule has 1 atom stereocenters. The largest absolute Gasteiger partial charge is 0.489 e. The number of benzene rings is 1. The van der Waals surface area contributed by atoms with Gasteiger partial charge in [0, 0.05) is 44.4 Å². The molecule has 0 amide bonds. The van der Waals surface area contributed by atoms with E-state index in [-0.39, 0.29) is 0 Å². The molecule has 1 N–H and O–H groups in total. The second-order valence-corrected chi connectivity index (χ2v) is 6.81. The number of aryl methyl sites for hydroxylation is 1. The molecule has 0 saturated heterocycles. The lowest BCUT2D eigenvalue weighted by Gasteiger charge is -2.23. The van der Waals surface area contributed by atoms with Gasteiger partial charge in [0.25, 0.3) is 0 Å². The first-order valence-electron chi connectivity index (χ1n) is 8.61. The Labute approximate surface area is 146 Å². The zero-order valence-corrected chi connectivity index (χ0v) is 14.4. The van der Waals surface area contributed by atoms with Crippen LogP contribution in [-0.4, -0.2) is 29.3 Å². The molecule has 0 radical (unpaired) electrons. The summed E-state index contributed by atoms with van der Waals surface area (Å²) in [7, 11) is 0. The standard InChI is InChI=1S/C18H22ClN3O2/c19-15-9-13(10-16-17(15)24-8-2-7-23-16)11-20-12-14-3-1-5-22-6-4-21-18(14)22/h4,6,9-10,14,20H,1-3,5,7-8,11-12H2. The van der Waals surface area contributed by atoms with Crippen LogP contribution in [0, 0.1) is 0 Å². The van der Waals surface area contributed by atoms with Crippen LogP contribution in [0.5, 0.6) is 11.5 Å². The number of nitrogens with zero attached hydrogens (tertiary/aromatic N) is 2. The van der Waals surface area contributed by atoms with Gasteiger partial charge in [-0.1, -0.05) is 11.6 Å². The summed E-state index contributed by atoms with van der Waals surface area (Å²) < 4.78 is 13.7. The molecule has 3 heterocycles. The SMILES string of the molecule is Clc1cc(CNCC2CCCn3ccnc32)cc2c1OCCCO2. The second kappa shape index (κ2) is 7.03. The van der Waals surface area contributed by atoms with Gasteiger partial charge in [-0.05, 0) is 30.5 Å². The van der Waals surface area contributed by atoms with Crippen LogP contribution in [0.4, 0.5) is 0 Å². The molecule has 1 aromatic carbocycles. The Balaban J connectivity index is 1.40. The van der Waals surface area contributed by atoms with E-state index in [0.29, 0.717) is 29.9 Å². The predicted octanol–water partition coefficient (Wildman–Crippen LogP) is 3.37. The first kappa shape index (κ1) is 15.8. The van der Waals surface area contributed by atoms with Crippen molar-refractivity contribution in [3.63, 3.8) is 0 Å². The van der Waals surface area contributed by atoms with Crippen molar-refractivity contribution in [2.75, 3.05) is 19.8 Å². The van der Waals surface area contributed by atoms with Crippen molar-refractivity contribution >= 4 is 11.6 Å². The van der Waals surface area contributed by atoms with E-state index in [4.69, 9.17) is 21.1 Å². The lowest BCUT2D eigenvalue weighted by Crippen LogP contribution is -2.26. The number of rotatable bonds is 4. The molecule has 1 aromatic heterocycles. The molecule has 4 rings (SSSR count). The van der Waals surface area contributed by atoms with Crippen LogP contribution in [-0.2, 0) is 13.1 Å². The summed E-state index contributed by atoms with van der Waals surface area (Å²) in [5, 5.41) is 4.17. The van der Waals surface area contributed by atoms with E-state index in [1.807, 2.05) is 18.3 Å². The molecule has 6 heteroatoms. The molecule has 2 aliphatic rings. The van der Waals surface area contributed by atoms with Gasteiger partial charge in [-0.2, -0.15) is 0 Å². The van der Waals surface area contributed by atoms with Crippen LogP contribution in [0.25, 0.3) is 0 Å². The van der Waals surface area contributed by atoms with Gasteiger partial charge in [0.05, 0.1) is 18.2 Å². The second-order valence-electron chi connectivity index (χ2n) is 6.40. The zero-order chi connectivity index (χ0) is 16.4. The lowest BCUT2D eigenvalue weighted by atomic mass is 9.99. The maximum absolute atomic E-state index is 6.35. The smallest absolute Gasteiger partial charge is 0.179 e. The average Bonchev–Trinajstić information content (AvgIpc) is 2.94. The van der Waals surface area contributed by atoms with E-state index in [1.54, 1.807) is 0 Å². The van der Waals surface area contributed by atoms with Gasteiger partial charge < -0.3 is 19.4 Å². The summed E-state index contributed by atoms with van der Waals surface area (Å²) in [6, 6.07) is 3.99. The van der Waals surface area contributed by atoms with E-state index in [1.165, 1.54) is 18.7 Å². The summed E-state index contributed by atoms with van der Waals surface area (Å²) in [5.74, 6) is 3.10. The van der Waals surface area contributed by atoms with Crippen molar-refractivity contribution in [1.29, 1.82) is 0 Å². The van der Waals surface area contributed by atoms with Gasteiger partial charge in [-0.25, -0.2) is 4.98 Å². The number of hydrogen-bond donors (Lipinski definition) is 1. The van der Waals surface area contributed by atoms with Crippen LogP contribution in [0.2, 0.25) is 5.02 Å². The lowest BCUT2D eigenvalue weighted by molar-refractivity contribution is 0.297. The number of aromatic nitrogens is 2. The molecular formula is C18H22ClN3O2. The molecule has 0 aliphatic carbocycles. The topological polar surface area (TPSA) is 48.3 Å². The number of imidazole rings is 1. The van der Waals surface area contributed by atoms with Gasteiger partial charge in [0.2, 0.25) is 0 Å². The van der Waals surface area contributed by atoms with Crippen molar-refractivity contribution in [2.45, 2.75) is 38.3 Å². The molecule has 2 aliphatic heterocycles. The van der Waals surface area contributed by atoms with Gasteiger partial charge in [-0.3, -0.25) is 0 Å². The fraction of sp³-hybridized carbons (Fsp3) is 0.500. The summed E-state index contributed by atoms with van der Waals surface area (Å²) in [6.45, 7) is 4.09. The Morgan fingerprint density at radius 1 is 1.25 bits per heavy atom. The summed E-state index contributed by atoms with van der Waals surface area (Å²) in [6.07, 6.45) is 7.26. The molecular weight excluding hydrogens is 326 g/mol. The Morgan fingerprint density at radius 2 is 2.17 bits per heavy atom. The highest BCUT2D eigenvalue weighted by Crippen LogP contribution is 2.38. The highest BCUT2D eigenvalue weighted by atomic mass is 35.5. The number of ether oxygens (including phenoxy) is 2. The minimum absolute atomic E-state index is 0.477. The van der Waals surface area contributed by atoms with E-state index in [0.717, 1.165) is 37.4 Å². The molecule has 24 heavy (non-hydrogen) atoms. The quantitative estimate of drug-likeness (QED) is 0.921. The highest BCUT2D eigenvalue weighted by Gasteiger charge is 2.21. The summed E-state index contributed by atoms with van der Waals surface area (Å²) in [4.78, 5) is 4.51. The maximum Gasteiger partial charge on any atom is 0.179 e. The van der Waals surface area contributed by atoms with Crippen LogP contribution in [0.15, 0.2) is 24.5 Å². The fourth-order valence-electron chi connectivity index (χ4n) is 3.48. The van der Waals surface area contributed by atoms with Crippen molar-refractivity contribution in [3.8, 4) is 11.5 Å². The number of halogens is 1. The Hall–Kier alpha value is -1.72. The molecule has 0 fully saturated rings. The average molecular weight is 348 g/mol. The van der Waals surface area contributed by atoms with Gasteiger partial charge in [0.1, 0.15) is 5.82 Å². The molecule has 2 aromatic rings. The first-order chi connectivity index (χ1) is 11.8. The molecule has 0 saturated carbocycles. The Morgan fingerprint density at radius 3 is 3.12 bits per heavy atom. The van der Waals surface area contributed by atoms with Crippen LogP contribution in [0.3, 0.4) is 0 Å². The molecule has 128 valence electrons.